The van der Waals surface area contributed by atoms with Crippen LogP contribution in [0.15, 0.2) is 17.2 Å². The molecule has 0 radical (unpaired) electrons. The van der Waals surface area contributed by atoms with Crippen LogP contribution in [0.1, 0.15) is 26.5 Å². The Morgan fingerprint density at radius 1 is 1.33 bits per heavy atom. The van der Waals surface area contributed by atoms with E-state index in [9.17, 15) is 8.42 Å². The minimum absolute atomic E-state index is 0.153. The van der Waals surface area contributed by atoms with Gasteiger partial charge in [-0.05, 0) is 6.07 Å². The molecule has 0 saturated heterocycles. The Morgan fingerprint density at radius 3 is 2.20 bits per heavy atom. The molecule has 0 spiro atoms. The van der Waals surface area contributed by atoms with Crippen molar-refractivity contribution in [2.75, 3.05) is 6.26 Å². The van der Waals surface area contributed by atoms with Crippen LogP contribution in [0.5, 0.6) is 0 Å². The molecule has 1 rings (SSSR count). The normalized spacial score (nSPS) is 12.9. The summed E-state index contributed by atoms with van der Waals surface area (Å²) in [4.78, 5) is 4.26. The van der Waals surface area contributed by atoms with Crippen LogP contribution in [0.2, 0.25) is 5.02 Å². The number of hydrogen-bond acceptors (Lipinski definition) is 3. The maximum absolute atomic E-state index is 11.2. The second-order valence-corrected chi connectivity index (χ2v) is 6.95. The van der Waals surface area contributed by atoms with Gasteiger partial charge in [0.2, 0.25) is 0 Å². The number of aromatic nitrogens is 1. The summed E-state index contributed by atoms with van der Waals surface area (Å²) in [5.41, 5.74) is 0.518. The zero-order valence-electron chi connectivity index (χ0n) is 9.20. The van der Waals surface area contributed by atoms with Crippen molar-refractivity contribution in [2.24, 2.45) is 0 Å². The molecule has 3 nitrogen and oxygen atoms in total. The number of hydrogen-bond donors (Lipinski definition) is 0. The molecule has 84 valence electrons. The van der Waals surface area contributed by atoms with E-state index in [4.69, 9.17) is 11.6 Å². The maximum Gasteiger partial charge on any atom is 0.177 e. The Hall–Kier alpha value is -0.610. The van der Waals surface area contributed by atoms with Gasteiger partial charge < -0.3 is 0 Å². The third-order valence-electron chi connectivity index (χ3n) is 1.95. The Labute approximate surface area is 95.4 Å². The lowest BCUT2D eigenvalue weighted by atomic mass is 9.92. The van der Waals surface area contributed by atoms with Gasteiger partial charge in [-0.25, -0.2) is 8.42 Å². The lowest BCUT2D eigenvalue weighted by Crippen LogP contribution is -2.14. The fourth-order valence-electron chi connectivity index (χ4n) is 1.18. The first-order chi connectivity index (χ1) is 6.62. The highest BCUT2D eigenvalue weighted by Gasteiger charge is 2.20. The molecule has 5 heteroatoms. The smallest absolute Gasteiger partial charge is 0.177 e. The van der Waals surface area contributed by atoms with Crippen LogP contribution < -0.4 is 0 Å². The van der Waals surface area contributed by atoms with E-state index in [1.807, 2.05) is 20.8 Å². The maximum atomic E-state index is 11.2. The molecule has 0 fully saturated rings. The van der Waals surface area contributed by atoms with Crippen molar-refractivity contribution < 1.29 is 8.42 Å². The highest BCUT2D eigenvalue weighted by molar-refractivity contribution is 7.90. The number of nitrogens with zero attached hydrogens (tertiary/aromatic N) is 1. The molecule has 0 aromatic carbocycles. The molecule has 1 aromatic rings. The van der Waals surface area contributed by atoms with E-state index in [-0.39, 0.29) is 10.3 Å². The SMILES string of the molecule is CC(C)(C)c1ncc(S(C)(=O)=O)cc1Cl. The molecular formula is C10H14ClNO2S. The predicted octanol–water partition coefficient (Wildman–Crippen LogP) is 2.44. The average Bonchev–Trinajstić information content (AvgIpc) is 1.99. The van der Waals surface area contributed by atoms with Crippen molar-refractivity contribution in [3.05, 3.63) is 23.0 Å². The van der Waals surface area contributed by atoms with E-state index in [0.717, 1.165) is 6.26 Å². The molecule has 0 N–H and O–H groups in total. The summed E-state index contributed by atoms with van der Waals surface area (Å²) in [5, 5.41) is 0.394. The molecule has 0 bridgehead atoms. The van der Waals surface area contributed by atoms with Gasteiger partial charge in [-0.2, -0.15) is 0 Å². The molecule has 1 heterocycles. The third-order valence-corrected chi connectivity index (χ3v) is 3.32. The van der Waals surface area contributed by atoms with Crippen molar-refractivity contribution in [3.63, 3.8) is 0 Å². The molecule has 0 aliphatic rings. The summed E-state index contributed by atoms with van der Waals surface area (Å²) in [7, 11) is -3.23. The van der Waals surface area contributed by atoms with Crippen molar-refractivity contribution >= 4 is 21.4 Å². The first kappa shape index (κ1) is 12.5. The molecule has 0 aliphatic carbocycles. The first-order valence-corrected chi connectivity index (χ1v) is 6.75. The van der Waals surface area contributed by atoms with Crippen molar-refractivity contribution in [1.82, 2.24) is 4.98 Å². The number of pyridine rings is 1. The molecule has 0 amide bonds. The predicted molar refractivity (Wildman–Crippen MR) is 61.1 cm³/mol. The van der Waals surface area contributed by atoms with Crippen molar-refractivity contribution in [2.45, 2.75) is 31.1 Å². The van der Waals surface area contributed by atoms with Gasteiger partial charge in [-0.15, -0.1) is 0 Å². The van der Waals surface area contributed by atoms with Crippen LogP contribution in [-0.2, 0) is 15.3 Å². The summed E-state index contributed by atoms with van der Waals surface area (Å²) in [6.45, 7) is 5.92. The average molecular weight is 248 g/mol. The molecule has 0 aliphatic heterocycles. The molecular weight excluding hydrogens is 234 g/mol. The zero-order valence-corrected chi connectivity index (χ0v) is 10.8. The van der Waals surface area contributed by atoms with E-state index in [1.165, 1.54) is 12.3 Å². The van der Waals surface area contributed by atoms with Gasteiger partial charge in [0, 0.05) is 17.9 Å². The van der Waals surface area contributed by atoms with E-state index in [2.05, 4.69) is 4.98 Å². The second-order valence-electron chi connectivity index (χ2n) is 4.52. The summed E-state index contributed by atoms with van der Waals surface area (Å²) in [5.74, 6) is 0. The topological polar surface area (TPSA) is 47.0 Å². The van der Waals surface area contributed by atoms with Gasteiger partial charge in [0.15, 0.2) is 9.84 Å². The van der Waals surface area contributed by atoms with E-state index >= 15 is 0 Å². The second kappa shape index (κ2) is 3.76. The van der Waals surface area contributed by atoms with Crippen LogP contribution in [0.25, 0.3) is 0 Å². The van der Waals surface area contributed by atoms with E-state index in [1.54, 1.807) is 0 Å². The largest absolute Gasteiger partial charge is 0.258 e. The van der Waals surface area contributed by atoms with E-state index in [0.29, 0.717) is 10.7 Å². The monoisotopic (exact) mass is 247 g/mol. The van der Waals surface area contributed by atoms with Crippen LogP contribution in [0.3, 0.4) is 0 Å². The van der Waals surface area contributed by atoms with Crippen LogP contribution in [-0.4, -0.2) is 19.7 Å². The van der Waals surface area contributed by atoms with Gasteiger partial charge in [-0.1, -0.05) is 32.4 Å². The fourth-order valence-corrected chi connectivity index (χ4v) is 2.27. The fraction of sp³-hybridized carbons (Fsp3) is 0.500. The van der Waals surface area contributed by atoms with Gasteiger partial charge in [0.25, 0.3) is 0 Å². The third kappa shape index (κ3) is 2.92. The molecule has 0 unspecified atom stereocenters. The van der Waals surface area contributed by atoms with Crippen LogP contribution in [0, 0.1) is 0 Å². The van der Waals surface area contributed by atoms with Crippen molar-refractivity contribution in [1.29, 1.82) is 0 Å². The lowest BCUT2D eigenvalue weighted by Gasteiger charge is -2.19. The Balaban J connectivity index is 3.34. The number of rotatable bonds is 1. The van der Waals surface area contributed by atoms with E-state index < -0.39 is 9.84 Å². The molecule has 0 atom stereocenters. The number of sulfone groups is 1. The van der Waals surface area contributed by atoms with Gasteiger partial charge in [-0.3, -0.25) is 4.98 Å². The highest BCUT2D eigenvalue weighted by atomic mass is 35.5. The van der Waals surface area contributed by atoms with Gasteiger partial charge in [0.05, 0.1) is 15.6 Å². The first-order valence-electron chi connectivity index (χ1n) is 4.48. The summed E-state index contributed by atoms with van der Waals surface area (Å²) in [6.07, 6.45) is 2.49. The van der Waals surface area contributed by atoms with Crippen LogP contribution in [0.4, 0.5) is 0 Å². The summed E-state index contributed by atoms with van der Waals surface area (Å²) < 4.78 is 22.5. The summed E-state index contributed by atoms with van der Waals surface area (Å²) >= 11 is 5.99. The zero-order chi connectivity index (χ0) is 11.9. The minimum Gasteiger partial charge on any atom is -0.258 e. The minimum atomic E-state index is -3.23. The Kier molecular flexibility index (Phi) is 3.12. The number of halogens is 1. The standard InChI is InChI=1S/C10H14ClNO2S/c1-10(2,3)9-8(11)5-7(6-12-9)15(4,13)14/h5-6H,1-4H3. The molecule has 1 aromatic heterocycles. The van der Waals surface area contributed by atoms with Crippen LogP contribution >= 0.6 is 11.6 Å². The van der Waals surface area contributed by atoms with Gasteiger partial charge >= 0.3 is 0 Å². The summed E-state index contributed by atoms with van der Waals surface area (Å²) in [6, 6.07) is 1.45. The Bertz CT molecular complexity index is 475. The Morgan fingerprint density at radius 2 is 1.87 bits per heavy atom. The van der Waals surface area contributed by atoms with Crippen molar-refractivity contribution in [3.8, 4) is 0 Å². The molecule has 0 saturated carbocycles. The van der Waals surface area contributed by atoms with Gasteiger partial charge in [0.1, 0.15) is 0 Å². The highest BCUT2D eigenvalue weighted by Crippen LogP contribution is 2.28. The quantitative estimate of drug-likeness (QED) is 0.766. The molecule has 15 heavy (non-hydrogen) atoms. The lowest BCUT2D eigenvalue weighted by molar-refractivity contribution is 0.566.